The molecule has 0 radical (unpaired) electrons. The average Bonchev–Trinajstić information content (AvgIpc) is 2.89. The molecule has 2 rings (SSSR count). The van der Waals surface area contributed by atoms with Crippen LogP contribution in [0.3, 0.4) is 0 Å². The van der Waals surface area contributed by atoms with Gasteiger partial charge in [-0.05, 0) is 50.4 Å². The summed E-state index contributed by atoms with van der Waals surface area (Å²) in [5.41, 5.74) is 0.631. The zero-order chi connectivity index (χ0) is 15.8. The fourth-order valence-electron chi connectivity index (χ4n) is 3.96. The molecular weight excluding hydrogens is 260 g/mol. The summed E-state index contributed by atoms with van der Waals surface area (Å²) >= 11 is 0. The number of rotatable bonds is 3. The molecule has 1 N–H and O–H groups in total. The van der Waals surface area contributed by atoms with E-state index in [4.69, 9.17) is 0 Å². The lowest BCUT2D eigenvalue weighted by Gasteiger charge is -2.35. The van der Waals surface area contributed by atoms with E-state index in [1.165, 1.54) is 5.57 Å². The van der Waals surface area contributed by atoms with Gasteiger partial charge in [-0.1, -0.05) is 38.8 Å². The van der Waals surface area contributed by atoms with Crippen LogP contribution >= 0.6 is 0 Å². The maximum absolute atomic E-state index is 12.7. The van der Waals surface area contributed by atoms with Crippen LogP contribution in [0.15, 0.2) is 11.6 Å². The summed E-state index contributed by atoms with van der Waals surface area (Å²) in [7, 11) is 0. The van der Waals surface area contributed by atoms with Crippen molar-refractivity contribution >= 4 is 5.91 Å². The fourth-order valence-corrected chi connectivity index (χ4v) is 3.96. The molecule has 3 nitrogen and oxygen atoms in total. The van der Waals surface area contributed by atoms with Crippen LogP contribution in [0.4, 0.5) is 0 Å². The highest BCUT2D eigenvalue weighted by atomic mass is 16.2. The predicted octanol–water partition coefficient (Wildman–Crippen LogP) is 3.81. The van der Waals surface area contributed by atoms with Crippen LogP contribution in [0.1, 0.15) is 60.3 Å². The van der Waals surface area contributed by atoms with Crippen molar-refractivity contribution in [2.75, 3.05) is 0 Å². The molecule has 0 heterocycles. The molecule has 116 valence electrons. The van der Waals surface area contributed by atoms with Gasteiger partial charge in [-0.15, -0.1) is 0 Å². The lowest BCUT2D eigenvalue weighted by Crippen LogP contribution is -2.51. The highest BCUT2D eigenvalue weighted by Crippen LogP contribution is 2.59. The van der Waals surface area contributed by atoms with Crippen molar-refractivity contribution in [3.8, 4) is 6.07 Å². The second-order valence-electron chi connectivity index (χ2n) is 7.95. The quantitative estimate of drug-likeness (QED) is 0.803. The smallest absolute Gasteiger partial charge is 0.225 e. The van der Waals surface area contributed by atoms with E-state index in [1.54, 1.807) is 0 Å². The molecule has 2 fully saturated rings. The van der Waals surface area contributed by atoms with E-state index in [-0.39, 0.29) is 17.2 Å². The molecule has 21 heavy (non-hydrogen) atoms. The Labute approximate surface area is 128 Å². The first kappa shape index (κ1) is 16.1. The standard InChI is InChI=1S/C18H28N2O/c1-12(2)9-14-15(17(14,4)5)16(21)20-18(11-19)8-6-7-13(3)10-18/h9,13-15H,6-8,10H2,1-5H3,(H,20,21)/t13-,14-,15-,18-/m1/s1. The minimum absolute atomic E-state index is 0.00913. The van der Waals surface area contributed by atoms with Crippen LogP contribution in [0, 0.1) is 34.5 Å². The highest BCUT2D eigenvalue weighted by molar-refractivity contribution is 5.84. The number of nitriles is 1. The van der Waals surface area contributed by atoms with Crippen molar-refractivity contribution in [2.24, 2.45) is 23.2 Å². The first-order valence-electron chi connectivity index (χ1n) is 8.10. The lowest BCUT2D eigenvalue weighted by atomic mass is 9.77. The van der Waals surface area contributed by atoms with E-state index in [0.29, 0.717) is 11.8 Å². The van der Waals surface area contributed by atoms with Crippen LogP contribution < -0.4 is 5.32 Å². The number of hydrogen-bond donors (Lipinski definition) is 1. The van der Waals surface area contributed by atoms with Gasteiger partial charge in [0.1, 0.15) is 5.54 Å². The third-order valence-electron chi connectivity index (χ3n) is 5.28. The van der Waals surface area contributed by atoms with E-state index >= 15 is 0 Å². The third-order valence-corrected chi connectivity index (χ3v) is 5.28. The molecular formula is C18H28N2O. The first-order valence-corrected chi connectivity index (χ1v) is 8.10. The molecule has 1 amide bonds. The third kappa shape index (κ3) is 3.15. The Hall–Kier alpha value is -1.30. The Morgan fingerprint density at radius 3 is 2.57 bits per heavy atom. The second kappa shape index (κ2) is 5.48. The molecule has 0 aromatic carbocycles. The van der Waals surface area contributed by atoms with Crippen LogP contribution in [0.25, 0.3) is 0 Å². The summed E-state index contributed by atoms with van der Waals surface area (Å²) in [6, 6.07) is 2.40. The minimum Gasteiger partial charge on any atom is -0.338 e. The number of carbonyl (C=O) groups excluding carboxylic acids is 1. The lowest BCUT2D eigenvalue weighted by molar-refractivity contribution is -0.125. The monoisotopic (exact) mass is 288 g/mol. The van der Waals surface area contributed by atoms with E-state index in [9.17, 15) is 10.1 Å². The zero-order valence-corrected chi connectivity index (χ0v) is 14.0. The van der Waals surface area contributed by atoms with Gasteiger partial charge in [0.2, 0.25) is 5.91 Å². The Bertz CT molecular complexity index is 496. The highest BCUT2D eigenvalue weighted by Gasteiger charge is 2.61. The number of nitrogens with one attached hydrogen (secondary N) is 1. The second-order valence-corrected chi connectivity index (χ2v) is 7.95. The van der Waals surface area contributed by atoms with Crippen LogP contribution in [-0.4, -0.2) is 11.4 Å². The van der Waals surface area contributed by atoms with E-state index in [0.717, 1.165) is 25.7 Å². The number of hydrogen-bond acceptors (Lipinski definition) is 2. The van der Waals surface area contributed by atoms with Gasteiger partial charge in [0, 0.05) is 0 Å². The Morgan fingerprint density at radius 2 is 2.05 bits per heavy atom. The fraction of sp³-hybridized carbons (Fsp3) is 0.778. The molecule has 0 saturated heterocycles. The molecule has 3 heteroatoms. The molecule has 0 bridgehead atoms. The largest absolute Gasteiger partial charge is 0.338 e. The topological polar surface area (TPSA) is 52.9 Å². The number of nitrogens with zero attached hydrogens (tertiary/aromatic N) is 1. The summed E-state index contributed by atoms with van der Waals surface area (Å²) < 4.78 is 0. The van der Waals surface area contributed by atoms with E-state index in [1.807, 2.05) is 0 Å². The Kier molecular flexibility index (Phi) is 4.19. The van der Waals surface area contributed by atoms with Gasteiger partial charge >= 0.3 is 0 Å². The van der Waals surface area contributed by atoms with E-state index in [2.05, 4.69) is 52.1 Å². The van der Waals surface area contributed by atoms with Crippen molar-refractivity contribution < 1.29 is 4.79 Å². The molecule has 0 aliphatic heterocycles. The van der Waals surface area contributed by atoms with Crippen molar-refractivity contribution in [3.05, 3.63) is 11.6 Å². The SMILES string of the molecule is CC(C)=C[C@@H]1[C@H](C(=O)N[C@]2(C#N)CCC[C@@H](C)C2)C1(C)C. The number of carbonyl (C=O) groups is 1. The molecule has 4 atom stereocenters. The molecule has 2 saturated carbocycles. The van der Waals surface area contributed by atoms with Gasteiger partial charge in [0.05, 0.1) is 12.0 Å². The summed E-state index contributed by atoms with van der Waals surface area (Å²) in [5, 5.41) is 12.7. The van der Waals surface area contributed by atoms with Crippen LogP contribution in [0.5, 0.6) is 0 Å². The summed E-state index contributed by atoms with van der Waals surface area (Å²) in [4.78, 5) is 12.7. The van der Waals surface area contributed by atoms with Gasteiger partial charge in [0.25, 0.3) is 0 Å². The van der Waals surface area contributed by atoms with Gasteiger partial charge in [-0.2, -0.15) is 5.26 Å². The minimum atomic E-state index is -0.636. The number of amides is 1. The van der Waals surface area contributed by atoms with Gasteiger partial charge < -0.3 is 5.32 Å². The first-order chi connectivity index (χ1) is 9.72. The summed E-state index contributed by atoms with van der Waals surface area (Å²) in [5.74, 6) is 0.895. The molecule has 0 aromatic heterocycles. The van der Waals surface area contributed by atoms with Gasteiger partial charge in [-0.25, -0.2) is 0 Å². The zero-order valence-electron chi connectivity index (χ0n) is 14.0. The normalized spacial score (nSPS) is 37.2. The molecule has 0 unspecified atom stereocenters. The average molecular weight is 288 g/mol. The van der Waals surface area contributed by atoms with E-state index < -0.39 is 5.54 Å². The van der Waals surface area contributed by atoms with Crippen molar-refractivity contribution in [1.82, 2.24) is 5.32 Å². The molecule has 0 spiro atoms. The summed E-state index contributed by atoms with van der Waals surface area (Å²) in [6.07, 6.45) is 5.97. The molecule has 0 aromatic rings. The van der Waals surface area contributed by atoms with Crippen molar-refractivity contribution in [1.29, 1.82) is 5.26 Å². The maximum Gasteiger partial charge on any atom is 0.225 e. The Morgan fingerprint density at radius 1 is 1.38 bits per heavy atom. The maximum atomic E-state index is 12.7. The number of allylic oxidation sites excluding steroid dienone is 2. The van der Waals surface area contributed by atoms with Gasteiger partial charge in [0.15, 0.2) is 0 Å². The summed E-state index contributed by atoms with van der Waals surface area (Å²) in [6.45, 7) is 10.6. The predicted molar refractivity (Wildman–Crippen MR) is 84.3 cm³/mol. The van der Waals surface area contributed by atoms with Crippen LogP contribution in [0.2, 0.25) is 0 Å². The van der Waals surface area contributed by atoms with Crippen LogP contribution in [-0.2, 0) is 4.79 Å². The van der Waals surface area contributed by atoms with Gasteiger partial charge in [-0.3, -0.25) is 4.79 Å². The molecule has 2 aliphatic rings. The van der Waals surface area contributed by atoms with Crippen molar-refractivity contribution in [2.45, 2.75) is 65.8 Å². The van der Waals surface area contributed by atoms with Crippen molar-refractivity contribution in [3.63, 3.8) is 0 Å². The molecule has 2 aliphatic carbocycles. The Balaban J connectivity index is 2.08.